The van der Waals surface area contributed by atoms with Gasteiger partial charge in [0.1, 0.15) is 17.9 Å². The Morgan fingerprint density at radius 1 is 0.775 bits per heavy atom. The van der Waals surface area contributed by atoms with Crippen LogP contribution in [0.4, 0.5) is 10.1 Å². The molecule has 3 aromatic heterocycles. The summed E-state index contributed by atoms with van der Waals surface area (Å²) in [5.41, 5.74) is 3.81. The van der Waals surface area contributed by atoms with Gasteiger partial charge in [0.05, 0.1) is 48.2 Å². The van der Waals surface area contributed by atoms with Crippen molar-refractivity contribution in [2.24, 2.45) is 5.92 Å². The number of methoxy groups -OCH3 is 1. The van der Waals surface area contributed by atoms with E-state index in [0.29, 0.717) is 98.2 Å². The molecule has 0 radical (unpaired) electrons. The minimum atomic E-state index is -0.615. The number of likely N-dealkylation sites (tertiary alicyclic amines) is 1. The van der Waals surface area contributed by atoms with Crippen LogP contribution in [-0.4, -0.2) is 165 Å². The van der Waals surface area contributed by atoms with Crippen LogP contribution in [0.1, 0.15) is 50.6 Å². The zero-order chi connectivity index (χ0) is 49.3. The van der Waals surface area contributed by atoms with E-state index in [4.69, 9.17) is 4.74 Å². The molecule has 6 heterocycles. The lowest BCUT2D eigenvalue weighted by molar-refractivity contribution is -0.134. The molecule has 0 atom stereocenters. The van der Waals surface area contributed by atoms with Gasteiger partial charge in [-0.1, -0.05) is 36.4 Å². The van der Waals surface area contributed by atoms with Gasteiger partial charge in [0.2, 0.25) is 11.8 Å². The quantitative estimate of drug-likeness (QED) is 0.135. The molecular formula is C52H57FN12O6. The highest BCUT2D eigenvalue weighted by molar-refractivity contribution is 6.03. The Hall–Kier alpha value is -7.48. The average molecular weight is 965 g/mol. The molecule has 4 amide bonds. The van der Waals surface area contributed by atoms with Crippen LogP contribution in [0.5, 0.6) is 5.75 Å². The Kier molecular flexibility index (Phi) is 15.4. The van der Waals surface area contributed by atoms with Crippen molar-refractivity contribution in [3.8, 4) is 16.9 Å². The number of pyridine rings is 1. The first-order valence-electron chi connectivity index (χ1n) is 24.0. The van der Waals surface area contributed by atoms with E-state index in [-0.39, 0.29) is 41.1 Å². The van der Waals surface area contributed by atoms with Crippen LogP contribution >= 0.6 is 0 Å². The number of carbonyl (C=O) groups is 4. The second-order valence-corrected chi connectivity index (χ2v) is 18.2. The fourth-order valence-electron chi connectivity index (χ4n) is 9.54. The highest BCUT2D eigenvalue weighted by Crippen LogP contribution is 2.29. The van der Waals surface area contributed by atoms with Gasteiger partial charge in [0.25, 0.3) is 17.4 Å². The summed E-state index contributed by atoms with van der Waals surface area (Å²) in [5.74, 6) is -0.503. The number of piperidine rings is 1. The van der Waals surface area contributed by atoms with Crippen molar-refractivity contribution in [1.82, 2.24) is 55.0 Å². The van der Waals surface area contributed by atoms with E-state index in [0.717, 1.165) is 62.4 Å². The third-order valence-corrected chi connectivity index (χ3v) is 13.6. The van der Waals surface area contributed by atoms with Crippen molar-refractivity contribution < 1.29 is 28.3 Å². The molecule has 3 fully saturated rings. The summed E-state index contributed by atoms with van der Waals surface area (Å²) in [4.78, 5) is 89.2. The maximum atomic E-state index is 15.1. The van der Waals surface area contributed by atoms with E-state index in [1.165, 1.54) is 12.4 Å². The first-order valence-corrected chi connectivity index (χ1v) is 24.0. The Morgan fingerprint density at radius 2 is 1.52 bits per heavy atom. The number of benzene rings is 3. The molecule has 18 nitrogen and oxygen atoms in total. The van der Waals surface area contributed by atoms with Crippen molar-refractivity contribution in [3.63, 3.8) is 0 Å². The van der Waals surface area contributed by atoms with Crippen LogP contribution in [-0.2, 0) is 22.6 Å². The molecule has 0 spiro atoms. The van der Waals surface area contributed by atoms with Gasteiger partial charge in [0, 0.05) is 108 Å². The highest BCUT2D eigenvalue weighted by Gasteiger charge is 2.31. The molecule has 3 aliphatic heterocycles. The van der Waals surface area contributed by atoms with Crippen molar-refractivity contribution in [3.05, 3.63) is 142 Å². The molecule has 0 saturated carbocycles. The fourth-order valence-corrected chi connectivity index (χ4v) is 9.54. The summed E-state index contributed by atoms with van der Waals surface area (Å²) in [6, 6.07) is 22.7. The maximum absolute atomic E-state index is 15.1. The lowest BCUT2D eigenvalue weighted by Gasteiger charge is -2.40. The van der Waals surface area contributed by atoms with Gasteiger partial charge in [-0.25, -0.2) is 24.4 Å². The smallest absolute Gasteiger partial charge is 0.274 e. The molecule has 0 aliphatic carbocycles. The van der Waals surface area contributed by atoms with Gasteiger partial charge in [-0.2, -0.15) is 5.10 Å². The number of piperazine rings is 2. The maximum Gasteiger partial charge on any atom is 0.274 e. The first-order chi connectivity index (χ1) is 34.6. The molecule has 368 valence electrons. The summed E-state index contributed by atoms with van der Waals surface area (Å²) in [5, 5.41) is 14.0. The largest absolute Gasteiger partial charge is 0.497 e. The predicted octanol–water partition coefficient (Wildman–Crippen LogP) is 3.70. The number of H-pyrrole nitrogens is 1. The van der Waals surface area contributed by atoms with Gasteiger partial charge in [0.15, 0.2) is 5.69 Å². The number of carbonyl (C=O) groups excluding carboxylic acids is 4. The third kappa shape index (κ3) is 11.9. The number of fused-ring (bicyclic) bond motifs is 1. The van der Waals surface area contributed by atoms with Crippen LogP contribution in [0.2, 0.25) is 0 Å². The Morgan fingerprint density at radius 3 is 2.28 bits per heavy atom. The number of aromatic amines is 1. The average Bonchev–Trinajstić information content (AvgIpc) is 3.40. The second kappa shape index (κ2) is 22.5. The van der Waals surface area contributed by atoms with E-state index in [2.05, 4.69) is 45.6 Å². The highest BCUT2D eigenvalue weighted by atomic mass is 19.1. The minimum Gasteiger partial charge on any atom is -0.497 e. The molecule has 3 saturated heterocycles. The van der Waals surface area contributed by atoms with Crippen molar-refractivity contribution in [1.29, 1.82) is 0 Å². The van der Waals surface area contributed by atoms with Crippen LogP contribution < -0.4 is 20.9 Å². The first kappa shape index (κ1) is 48.5. The molecular weight excluding hydrogens is 908 g/mol. The predicted molar refractivity (Wildman–Crippen MR) is 264 cm³/mol. The number of halogens is 1. The number of amides is 4. The van der Waals surface area contributed by atoms with Gasteiger partial charge < -0.3 is 35.0 Å². The molecule has 9 rings (SSSR count). The fraction of sp³-hybridized carbons (Fsp3) is 0.365. The number of nitrogens with one attached hydrogen (secondary N) is 3. The zero-order valence-electron chi connectivity index (χ0n) is 39.7. The topological polar surface area (TPSA) is 202 Å². The number of nitrogens with zero attached hydrogens (tertiary/aromatic N) is 9. The minimum absolute atomic E-state index is 0.000300. The summed E-state index contributed by atoms with van der Waals surface area (Å²) in [6.45, 7) is 7.20. The van der Waals surface area contributed by atoms with E-state index >= 15 is 4.39 Å². The molecule has 0 unspecified atom stereocenters. The Labute approximate surface area is 410 Å². The standard InChI is InChI=1S/C52H57FN12O6/c1-71-40-6-4-5-37(27-40)38-28-46(58-47(66)31-55-30-39-11-14-54-34-57-39)49(56-29-38)52(70)64-15-12-35(13-16-64)32-61-17-19-62(20-18-61)33-48(67)63-21-23-65(24-22-63)51(69)43-25-36(9-10-44(43)53)26-45-41-7-2-3-8-42(41)50(68)60-59-45/h2-11,14,25,27-29,34-35,55H,12-13,15-24,26,30-33H2,1H3,(H,58,66)(H,60,68). The number of aromatic nitrogens is 5. The van der Waals surface area contributed by atoms with Crippen LogP contribution in [0.25, 0.3) is 21.9 Å². The Balaban J connectivity index is 0.721. The summed E-state index contributed by atoms with van der Waals surface area (Å²) < 4.78 is 20.5. The molecule has 19 heteroatoms. The van der Waals surface area contributed by atoms with Gasteiger partial charge in [-0.05, 0) is 72.4 Å². The summed E-state index contributed by atoms with van der Waals surface area (Å²) in [7, 11) is 1.60. The normalized spacial score (nSPS) is 16.0. The van der Waals surface area contributed by atoms with Crippen LogP contribution in [0, 0.1) is 11.7 Å². The van der Waals surface area contributed by atoms with Gasteiger partial charge >= 0.3 is 0 Å². The molecule has 3 aromatic carbocycles. The van der Waals surface area contributed by atoms with E-state index < -0.39 is 11.7 Å². The third-order valence-electron chi connectivity index (χ3n) is 13.6. The number of anilines is 1. The number of ether oxygens (including phenoxy) is 1. The van der Waals surface area contributed by atoms with Crippen molar-refractivity contribution >= 4 is 40.1 Å². The van der Waals surface area contributed by atoms with Crippen molar-refractivity contribution in [2.45, 2.75) is 25.8 Å². The van der Waals surface area contributed by atoms with Gasteiger partial charge in [-0.15, -0.1) is 0 Å². The van der Waals surface area contributed by atoms with E-state index in [9.17, 15) is 24.0 Å². The Bertz CT molecular complexity index is 2930. The van der Waals surface area contributed by atoms with Gasteiger partial charge in [-0.3, -0.25) is 28.9 Å². The summed E-state index contributed by atoms with van der Waals surface area (Å²) in [6.07, 6.45) is 6.71. The SMILES string of the molecule is COc1cccc(-c2cnc(C(=O)N3CCC(CN4CCN(CC(=O)N5CCN(C(=O)c6cc(Cc7n[nH]c(=O)c8ccccc78)ccc6F)CC5)CC4)CC3)c(NC(=O)CNCc3ccncn3)c2)c1. The van der Waals surface area contributed by atoms with E-state index in [1.807, 2.05) is 41.3 Å². The lowest BCUT2D eigenvalue weighted by atomic mass is 9.95. The monoisotopic (exact) mass is 964 g/mol. The molecule has 6 aromatic rings. The summed E-state index contributed by atoms with van der Waals surface area (Å²) >= 11 is 0. The molecule has 71 heavy (non-hydrogen) atoms. The lowest BCUT2D eigenvalue weighted by Crippen LogP contribution is -2.55. The van der Waals surface area contributed by atoms with Crippen LogP contribution in [0.3, 0.4) is 0 Å². The van der Waals surface area contributed by atoms with Crippen molar-refractivity contribution in [2.75, 3.05) is 97.5 Å². The number of hydrogen-bond acceptors (Lipinski definition) is 13. The van der Waals surface area contributed by atoms with Crippen LogP contribution in [0.15, 0.2) is 102 Å². The number of rotatable bonds is 15. The van der Waals surface area contributed by atoms with E-state index in [1.54, 1.807) is 65.7 Å². The molecule has 3 aliphatic rings. The zero-order valence-corrected chi connectivity index (χ0v) is 39.7. The second-order valence-electron chi connectivity index (χ2n) is 18.2. The molecule has 3 N–H and O–H groups in total. The number of hydrogen-bond donors (Lipinski definition) is 3. The molecule has 0 bridgehead atoms.